The molecule has 0 unspecified atom stereocenters. The van der Waals surface area contributed by atoms with Gasteiger partial charge in [-0.05, 0) is 48.6 Å². The summed E-state index contributed by atoms with van der Waals surface area (Å²) < 4.78 is 0.764. The molecule has 0 saturated carbocycles. The van der Waals surface area contributed by atoms with E-state index in [1.165, 1.54) is 28.0 Å². The van der Waals surface area contributed by atoms with Gasteiger partial charge >= 0.3 is 0 Å². The van der Waals surface area contributed by atoms with Gasteiger partial charge in [0.15, 0.2) is 10.1 Å². The summed E-state index contributed by atoms with van der Waals surface area (Å²) in [6.07, 6.45) is 2.24. The number of aromatic nitrogens is 2. The molecular formula is C20H22N4O2S3. The van der Waals surface area contributed by atoms with Crippen LogP contribution in [-0.2, 0) is 11.2 Å². The fourth-order valence-electron chi connectivity index (χ4n) is 2.49. The van der Waals surface area contributed by atoms with Crippen LogP contribution in [0.4, 0.5) is 10.8 Å². The summed E-state index contributed by atoms with van der Waals surface area (Å²) >= 11 is 4.58. The number of thiophene rings is 1. The molecule has 2 heterocycles. The number of nitrogens with one attached hydrogen (secondary N) is 2. The molecular weight excluding hydrogens is 424 g/mol. The molecule has 3 aromatic rings. The van der Waals surface area contributed by atoms with Gasteiger partial charge in [-0.25, -0.2) is 0 Å². The second kappa shape index (κ2) is 11.1. The number of amides is 1. The maximum atomic E-state index is 12.4. The fraction of sp³-hybridized carbons (Fsp3) is 0.300. The molecule has 0 bridgehead atoms. The third kappa shape index (κ3) is 6.95. The van der Waals surface area contributed by atoms with Crippen molar-refractivity contribution >= 4 is 56.9 Å². The third-order valence-corrected chi connectivity index (χ3v) is 6.88. The summed E-state index contributed by atoms with van der Waals surface area (Å²) in [5.74, 6) is 0.299. The Bertz CT molecular complexity index is 924. The number of carbonyl (C=O) groups is 2. The Kier molecular flexibility index (Phi) is 8.21. The zero-order valence-corrected chi connectivity index (χ0v) is 18.5. The van der Waals surface area contributed by atoms with E-state index in [1.807, 2.05) is 13.0 Å². The summed E-state index contributed by atoms with van der Waals surface area (Å²) in [6.45, 7) is 2.76. The van der Waals surface area contributed by atoms with Gasteiger partial charge in [-0.15, -0.1) is 21.5 Å². The van der Waals surface area contributed by atoms with Crippen molar-refractivity contribution in [3.8, 4) is 0 Å². The predicted octanol–water partition coefficient (Wildman–Crippen LogP) is 4.97. The lowest BCUT2D eigenvalue weighted by Crippen LogP contribution is -2.10. The second-order valence-corrected chi connectivity index (χ2v) is 9.45. The number of anilines is 2. The van der Waals surface area contributed by atoms with Crippen LogP contribution in [0.2, 0.25) is 0 Å². The van der Waals surface area contributed by atoms with Crippen molar-refractivity contribution in [2.75, 3.05) is 22.9 Å². The van der Waals surface area contributed by atoms with Crippen LogP contribution in [0.3, 0.4) is 0 Å². The lowest BCUT2D eigenvalue weighted by atomic mass is 10.1. The van der Waals surface area contributed by atoms with Crippen LogP contribution < -0.4 is 10.6 Å². The van der Waals surface area contributed by atoms with E-state index >= 15 is 0 Å². The van der Waals surface area contributed by atoms with Gasteiger partial charge in [-0.2, -0.15) is 0 Å². The van der Waals surface area contributed by atoms with Crippen LogP contribution in [0.5, 0.6) is 0 Å². The highest BCUT2D eigenvalue weighted by molar-refractivity contribution is 8.01. The Morgan fingerprint density at radius 2 is 1.97 bits per heavy atom. The first-order chi connectivity index (χ1) is 14.1. The van der Waals surface area contributed by atoms with Gasteiger partial charge in [-0.3, -0.25) is 9.59 Å². The van der Waals surface area contributed by atoms with E-state index in [0.29, 0.717) is 23.4 Å². The average molecular weight is 447 g/mol. The van der Waals surface area contributed by atoms with Crippen molar-refractivity contribution in [3.63, 3.8) is 0 Å². The molecule has 0 aliphatic heterocycles. The number of rotatable bonds is 11. The minimum Gasteiger partial charge on any atom is -0.360 e. The molecule has 0 aliphatic carbocycles. The lowest BCUT2D eigenvalue weighted by Gasteiger charge is -2.05. The smallest absolute Gasteiger partial charge is 0.224 e. The van der Waals surface area contributed by atoms with Gasteiger partial charge in [0.05, 0.1) is 5.75 Å². The molecule has 0 spiro atoms. The van der Waals surface area contributed by atoms with Crippen LogP contribution in [-0.4, -0.2) is 34.2 Å². The van der Waals surface area contributed by atoms with Crippen LogP contribution >= 0.6 is 34.4 Å². The molecule has 2 aromatic heterocycles. The van der Waals surface area contributed by atoms with E-state index in [-0.39, 0.29) is 11.7 Å². The molecule has 3 rings (SSSR count). The van der Waals surface area contributed by atoms with Gasteiger partial charge in [0, 0.05) is 29.1 Å². The summed E-state index contributed by atoms with van der Waals surface area (Å²) in [4.78, 5) is 25.4. The predicted molar refractivity (Wildman–Crippen MR) is 121 cm³/mol. The van der Waals surface area contributed by atoms with Crippen molar-refractivity contribution in [1.29, 1.82) is 0 Å². The van der Waals surface area contributed by atoms with Gasteiger partial charge in [0.1, 0.15) is 0 Å². The van der Waals surface area contributed by atoms with E-state index < -0.39 is 0 Å². The zero-order chi connectivity index (χ0) is 20.5. The standard InChI is InChI=1S/C20H22N4O2S3/c1-2-4-18(26)22-15-8-6-14(7-9-15)17(25)13-28-20-24-23-19(29-20)21-11-10-16-5-3-12-27-16/h3,5-9,12H,2,4,10-11,13H2,1H3,(H,21,23)(H,22,26). The number of carbonyl (C=O) groups excluding carboxylic acids is 2. The quantitative estimate of drug-likeness (QED) is 0.320. The fourth-order valence-corrected chi connectivity index (χ4v) is 4.87. The molecule has 1 aromatic carbocycles. The van der Waals surface area contributed by atoms with Crippen molar-refractivity contribution in [1.82, 2.24) is 10.2 Å². The molecule has 0 saturated heterocycles. The Labute approximate surface area is 182 Å². The largest absolute Gasteiger partial charge is 0.360 e. The lowest BCUT2D eigenvalue weighted by molar-refractivity contribution is -0.116. The van der Waals surface area contributed by atoms with Gasteiger partial charge in [0.2, 0.25) is 11.0 Å². The Hall–Kier alpha value is -2.23. The molecule has 6 nitrogen and oxygen atoms in total. The van der Waals surface area contributed by atoms with Crippen LogP contribution in [0.25, 0.3) is 0 Å². The minimum atomic E-state index is -0.0156. The highest BCUT2D eigenvalue weighted by Crippen LogP contribution is 2.26. The maximum absolute atomic E-state index is 12.4. The number of hydrogen-bond donors (Lipinski definition) is 2. The zero-order valence-electron chi connectivity index (χ0n) is 16.0. The molecule has 1 amide bonds. The summed E-state index contributed by atoms with van der Waals surface area (Å²) in [6, 6.07) is 11.2. The van der Waals surface area contributed by atoms with E-state index in [1.54, 1.807) is 35.6 Å². The molecule has 0 aliphatic rings. The average Bonchev–Trinajstić information content (AvgIpc) is 3.39. The monoisotopic (exact) mass is 446 g/mol. The Balaban J connectivity index is 1.43. The second-order valence-electron chi connectivity index (χ2n) is 6.22. The van der Waals surface area contributed by atoms with Crippen LogP contribution in [0, 0.1) is 0 Å². The topological polar surface area (TPSA) is 84.0 Å². The number of benzene rings is 1. The molecule has 0 radical (unpaired) electrons. The van der Waals surface area contributed by atoms with Crippen LogP contribution in [0.1, 0.15) is 35.0 Å². The molecule has 0 atom stereocenters. The van der Waals surface area contributed by atoms with Gasteiger partial charge in [0.25, 0.3) is 0 Å². The number of hydrogen-bond acceptors (Lipinski definition) is 8. The first-order valence-corrected chi connectivity index (χ1v) is 12.0. The number of nitrogens with zero attached hydrogens (tertiary/aromatic N) is 2. The highest BCUT2D eigenvalue weighted by atomic mass is 32.2. The Morgan fingerprint density at radius 1 is 1.14 bits per heavy atom. The molecule has 9 heteroatoms. The van der Waals surface area contributed by atoms with E-state index in [4.69, 9.17) is 0 Å². The summed E-state index contributed by atoms with van der Waals surface area (Å²) in [5.41, 5.74) is 1.32. The molecule has 2 N–H and O–H groups in total. The number of Topliss-reactive ketones (excluding diaryl/α,β-unsaturated/α-hetero) is 1. The first-order valence-electron chi connectivity index (χ1n) is 9.29. The summed E-state index contributed by atoms with van der Waals surface area (Å²) in [5, 5.41) is 17.2. The van der Waals surface area contributed by atoms with E-state index in [2.05, 4.69) is 32.3 Å². The minimum absolute atomic E-state index is 0.0156. The SMILES string of the molecule is CCCC(=O)Nc1ccc(C(=O)CSc2nnc(NCCc3cccs3)s2)cc1. The van der Waals surface area contributed by atoms with Crippen molar-refractivity contribution < 1.29 is 9.59 Å². The normalized spacial score (nSPS) is 10.7. The summed E-state index contributed by atoms with van der Waals surface area (Å²) in [7, 11) is 0. The number of ketones is 1. The van der Waals surface area contributed by atoms with Gasteiger partial charge in [-0.1, -0.05) is 36.1 Å². The van der Waals surface area contributed by atoms with Crippen molar-refractivity contribution in [2.24, 2.45) is 0 Å². The van der Waals surface area contributed by atoms with Crippen molar-refractivity contribution in [2.45, 2.75) is 30.5 Å². The van der Waals surface area contributed by atoms with Crippen molar-refractivity contribution in [3.05, 3.63) is 52.2 Å². The van der Waals surface area contributed by atoms with E-state index in [9.17, 15) is 9.59 Å². The maximum Gasteiger partial charge on any atom is 0.224 e. The molecule has 29 heavy (non-hydrogen) atoms. The van der Waals surface area contributed by atoms with E-state index in [0.717, 1.165) is 28.9 Å². The Morgan fingerprint density at radius 3 is 2.69 bits per heavy atom. The molecule has 0 fully saturated rings. The number of thioether (sulfide) groups is 1. The molecule has 152 valence electrons. The van der Waals surface area contributed by atoms with Gasteiger partial charge < -0.3 is 10.6 Å². The van der Waals surface area contributed by atoms with Crippen LogP contribution in [0.15, 0.2) is 46.1 Å². The first kappa shape index (κ1) is 21.5. The third-order valence-electron chi connectivity index (χ3n) is 3.93. The highest BCUT2D eigenvalue weighted by Gasteiger charge is 2.11.